The molecular weight excluding hydrogens is 469 g/mol. The van der Waals surface area contributed by atoms with Crippen molar-refractivity contribution in [2.75, 3.05) is 5.32 Å². The summed E-state index contributed by atoms with van der Waals surface area (Å²) in [6.07, 6.45) is 5.09. The van der Waals surface area contributed by atoms with Gasteiger partial charge in [-0.3, -0.25) is 4.79 Å². The minimum Gasteiger partial charge on any atom is -0.487 e. The summed E-state index contributed by atoms with van der Waals surface area (Å²) < 4.78 is 24.6. The second-order valence-electron chi connectivity index (χ2n) is 7.47. The van der Waals surface area contributed by atoms with Gasteiger partial charge in [0.05, 0.1) is 10.5 Å². The summed E-state index contributed by atoms with van der Waals surface area (Å²) in [6.45, 7) is 3.96. The van der Waals surface area contributed by atoms with Gasteiger partial charge in [-0.05, 0) is 59.7 Å². The van der Waals surface area contributed by atoms with Crippen LogP contribution in [-0.4, -0.2) is 16.3 Å². The zero-order valence-corrected chi connectivity index (χ0v) is 19.3. The van der Waals surface area contributed by atoms with Gasteiger partial charge in [-0.2, -0.15) is 0 Å². The molecule has 0 aliphatic heterocycles. The lowest BCUT2D eigenvalue weighted by molar-refractivity contribution is -0.108. The van der Waals surface area contributed by atoms with Crippen molar-refractivity contribution in [3.63, 3.8) is 0 Å². The van der Waals surface area contributed by atoms with Gasteiger partial charge in [-0.15, -0.1) is 0 Å². The summed E-state index contributed by atoms with van der Waals surface area (Å²) in [5.41, 5.74) is 2.98. The molecule has 0 amide bonds. The van der Waals surface area contributed by atoms with Gasteiger partial charge in [0, 0.05) is 11.1 Å². The van der Waals surface area contributed by atoms with Crippen molar-refractivity contribution in [2.45, 2.75) is 13.2 Å². The fourth-order valence-corrected chi connectivity index (χ4v) is 3.55. The number of hydrogen-bond acceptors (Lipinski definition) is 6. The Morgan fingerprint density at radius 2 is 1.91 bits per heavy atom. The number of anilines is 2. The number of carbonyl (C=O) groups is 1. The molecule has 176 valence electrons. The molecular formula is C27H21ClFN3O3. The van der Waals surface area contributed by atoms with Crippen LogP contribution >= 0.6 is 11.6 Å². The van der Waals surface area contributed by atoms with Gasteiger partial charge in [0.2, 0.25) is 0 Å². The minimum atomic E-state index is -0.319. The number of nitrogens with zero attached hydrogens (tertiary/aromatic N) is 2. The number of halogens is 2. The molecule has 0 unspecified atom stereocenters. The lowest BCUT2D eigenvalue weighted by Gasteiger charge is -2.12. The van der Waals surface area contributed by atoms with Crippen molar-refractivity contribution in [3.05, 3.63) is 113 Å². The predicted octanol–water partition coefficient (Wildman–Crippen LogP) is 6.53. The molecule has 1 N–H and O–H groups in total. The Morgan fingerprint density at radius 1 is 1.06 bits per heavy atom. The van der Waals surface area contributed by atoms with E-state index in [0.717, 1.165) is 16.5 Å². The molecule has 0 aliphatic rings. The van der Waals surface area contributed by atoms with Gasteiger partial charge in [-0.1, -0.05) is 42.5 Å². The average molecular weight is 490 g/mol. The number of aromatic nitrogens is 2. The molecule has 35 heavy (non-hydrogen) atoms. The number of aldehydes is 1. The summed E-state index contributed by atoms with van der Waals surface area (Å²) in [7, 11) is 0. The number of carbonyl (C=O) groups excluding carboxylic acids is 1. The van der Waals surface area contributed by atoms with Crippen LogP contribution in [0.25, 0.3) is 10.9 Å². The first-order valence-corrected chi connectivity index (χ1v) is 11.0. The highest BCUT2D eigenvalue weighted by atomic mass is 35.5. The van der Waals surface area contributed by atoms with E-state index in [1.807, 2.05) is 24.3 Å². The maximum atomic E-state index is 13.4. The zero-order chi connectivity index (χ0) is 24.6. The summed E-state index contributed by atoms with van der Waals surface area (Å²) in [6, 6.07) is 17.1. The standard InChI is InChI=1S/C27H21ClFN3O3/c1-2-4-22(14-33)34-15-19-7-9-25-23(12-19)27(31-17-30-25)32-21-8-10-26(24(28)13-21)35-16-18-5-3-6-20(29)11-18/h2-14,17H,1,15-16H2,(H,30,31,32). The van der Waals surface area contributed by atoms with E-state index < -0.39 is 0 Å². The van der Waals surface area contributed by atoms with Crippen LogP contribution in [0.1, 0.15) is 11.1 Å². The summed E-state index contributed by atoms with van der Waals surface area (Å²) >= 11 is 6.42. The van der Waals surface area contributed by atoms with Gasteiger partial charge in [0.25, 0.3) is 0 Å². The first kappa shape index (κ1) is 23.9. The first-order valence-electron chi connectivity index (χ1n) is 10.6. The van der Waals surface area contributed by atoms with Crippen LogP contribution in [0.15, 0.2) is 91.5 Å². The average Bonchev–Trinajstić information content (AvgIpc) is 2.86. The second-order valence-corrected chi connectivity index (χ2v) is 7.88. The molecule has 0 radical (unpaired) electrons. The minimum absolute atomic E-state index is 0.192. The Labute approximate surface area is 206 Å². The maximum absolute atomic E-state index is 13.4. The quantitative estimate of drug-likeness (QED) is 0.118. The van der Waals surface area contributed by atoms with Crippen molar-refractivity contribution < 1.29 is 18.7 Å². The molecule has 0 saturated heterocycles. The third kappa shape index (κ3) is 6.22. The Kier molecular flexibility index (Phi) is 7.70. The van der Waals surface area contributed by atoms with Crippen molar-refractivity contribution in [3.8, 4) is 5.75 Å². The second kappa shape index (κ2) is 11.3. The van der Waals surface area contributed by atoms with Gasteiger partial charge < -0.3 is 14.8 Å². The third-order valence-electron chi connectivity index (χ3n) is 4.98. The fourth-order valence-electron chi connectivity index (χ4n) is 3.32. The van der Waals surface area contributed by atoms with E-state index in [1.165, 1.54) is 30.6 Å². The zero-order valence-electron chi connectivity index (χ0n) is 18.6. The number of allylic oxidation sites excluding steroid dienone is 3. The monoisotopic (exact) mass is 489 g/mol. The van der Waals surface area contributed by atoms with Crippen molar-refractivity contribution >= 4 is 40.3 Å². The van der Waals surface area contributed by atoms with Crippen LogP contribution in [-0.2, 0) is 22.7 Å². The number of hydrogen-bond donors (Lipinski definition) is 1. The van der Waals surface area contributed by atoms with E-state index in [9.17, 15) is 9.18 Å². The molecule has 4 aromatic rings. The third-order valence-corrected chi connectivity index (χ3v) is 5.28. The highest BCUT2D eigenvalue weighted by Gasteiger charge is 2.09. The van der Waals surface area contributed by atoms with Crippen LogP contribution in [0, 0.1) is 5.82 Å². The molecule has 0 spiro atoms. The summed E-state index contributed by atoms with van der Waals surface area (Å²) in [4.78, 5) is 19.7. The fraction of sp³-hybridized carbons (Fsp3) is 0.0741. The Bertz CT molecular complexity index is 1410. The molecule has 0 bridgehead atoms. The van der Waals surface area contributed by atoms with E-state index in [1.54, 1.807) is 24.3 Å². The van der Waals surface area contributed by atoms with Crippen molar-refractivity contribution in [1.29, 1.82) is 0 Å². The molecule has 1 aromatic heterocycles. The number of fused-ring (bicyclic) bond motifs is 1. The largest absolute Gasteiger partial charge is 0.487 e. The summed E-state index contributed by atoms with van der Waals surface area (Å²) in [5, 5.41) is 4.43. The van der Waals surface area contributed by atoms with Crippen LogP contribution in [0.5, 0.6) is 5.75 Å². The van der Waals surface area contributed by atoms with Crippen molar-refractivity contribution in [2.24, 2.45) is 0 Å². The smallest absolute Gasteiger partial charge is 0.184 e. The number of rotatable bonds is 10. The lowest BCUT2D eigenvalue weighted by atomic mass is 10.1. The number of nitrogens with one attached hydrogen (secondary N) is 1. The molecule has 0 aliphatic carbocycles. The van der Waals surface area contributed by atoms with E-state index >= 15 is 0 Å². The maximum Gasteiger partial charge on any atom is 0.184 e. The molecule has 6 nitrogen and oxygen atoms in total. The normalized spacial score (nSPS) is 11.2. The van der Waals surface area contributed by atoms with E-state index in [4.69, 9.17) is 21.1 Å². The molecule has 0 fully saturated rings. The SMILES string of the molecule is C=CC=C(C=O)OCc1ccc2ncnc(Nc3ccc(OCc4cccc(F)c4)c(Cl)c3)c2c1. The molecule has 0 atom stereocenters. The van der Waals surface area contributed by atoms with Gasteiger partial charge in [-0.25, -0.2) is 14.4 Å². The predicted molar refractivity (Wildman–Crippen MR) is 134 cm³/mol. The van der Waals surface area contributed by atoms with E-state index in [2.05, 4.69) is 21.9 Å². The first-order chi connectivity index (χ1) is 17.1. The molecule has 4 rings (SSSR count). The highest BCUT2D eigenvalue weighted by molar-refractivity contribution is 6.32. The lowest BCUT2D eigenvalue weighted by Crippen LogP contribution is -1.99. The van der Waals surface area contributed by atoms with Gasteiger partial charge in [0.15, 0.2) is 12.0 Å². The van der Waals surface area contributed by atoms with E-state index in [-0.39, 0.29) is 24.8 Å². The summed E-state index contributed by atoms with van der Waals surface area (Å²) in [5.74, 6) is 0.934. The van der Waals surface area contributed by atoms with Crippen LogP contribution in [0.3, 0.4) is 0 Å². The molecule has 1 heterocycles. The molecule has 0 saturated carbocycles. The Morgan fingerprint density at radius 3 is 2.69 bits per heavy atom. The van der Waals surface area contributed by atoms with Gasteiger partial charge in [0.1, 0.15) is 36.9 Å². The number of ether oxygens (including phenoxy) is 2. The van der Waals surface area contributed by atoms with E-state index in [0.29, 0.717) is 34.1 Å². The van der Waals surface area contributed by atoms with Crippen molar-refractivity contribution in [1.82, 2.24) is 9.97 Å². The van der Waals surface area contributed by atoms with Crippen LogP contribution in [0.4, 0.5) is 15.9 Å². The molecule has 8 heteroatoms. The topological polar surface area (TPSA) is 73.3 Å². The van der Waals surface area contributed by atoms with Crippen LogP contribution < -0.4 is 10.1 Å². The van der Waals surface area contributed by atoms with Crippen LogP contribution in [0.2, 0.25) is 5.02 Å². The Hall–Kier alpha value is -4.23. The van der Waals surface area contributed by atoms with Gasteiger partial charge >= 0.3 is 0 Å². The highest BCUT2D eigenvalue weighted by Crippen LogP contribution is 2.31. The molecule has 3 aromatic carbocycles. The number of benzene rings is 3. The Balaban J connectivity index is 1.50.